The van der Waals surface area contributed by atoms with E-state index in [2.05, 4.69) is 37.7 Å². The Bertz CT molecular complexity index is 1140. The molecule has 0 aliphatic heterocycles. The molecule has 5 rings (SSSR count). The van der Waals surface area contributed by atoms with E-state index in [0.29, 0.717) is 30.2 Å². The number of sulfonamides is 1. The zero-order valence-corrected chi connectivity index (χ0v) is 24.8. The van der Waals surface area contributed by atoms with Crippen molar-refractivity contribution in [2.24, 2.45) is 52.3 Å². The Labute approximate surface area is 234 Å². The highest BCUT2D eigenvalue weighted by Gasteiger charge is 2.64. The lowest BCUT2D eigenvalue weighted by molar-refractivity contribution is -0.203. The van der Waals surface area contributed by atoms with Crippen molar-refractivity contribution in [1.29, 1.82) is 0 Å². The molecular weight excluding hydrogens is 512 g/mol. The number of fused-ring (bicyclic) bond motifs is 5. The Morgan fingerprint density at radius 3 is 2.36 bits per heavy atom. The molecule has 39 heavy (non-hydrogen) atoms. The van der Waals surface area contributed by atoms with Crippen LogP contribution in [0.25, 0.3) is 0 Å². The quantitative estimate of drug-likeness (QED) is 0.394. The van der Waals surface area contributed by atoms with Gasteiger partial charge in [-0.05, 0) is 109 Å². The first-order valence-corrected chi connectivity index (χ1v) is 16.6. The molecule has 1 aromatic carbocycles. The molecule has 0 radical (unpaired) electrons. The van der Waals surface area contributed by atoms with E-state index < -0.39 is 16.1 Å². The number of amides is 2. The largest absolute Gasteiger partial charge is 0.393 e. The van der Waals surface area contributed by atoms with Gasteiger partial charge in [0.1, 0.15) is 0 Å². The van der Waals surface area contributed by atoms with E-state index in [9.17, 15) is 23.4 Å². The standard InChI is InChI=1S/C31H48N2O5S/c1-5-22-26-17-20(34)13-15-31(26,4)25-14-16-30(3)23(11-12-24(30)27(25)28(22)35)19(2)18-32-29(36)33-39(37,38)21-9-7-6-8-10-21/h6-10,19-20,22-28,34-35H,5,11-18H2,1-4H3,(H2,32,33,36)/t19-,20-,22-,23-,24+,25+,26?,27?,28-,30?,31?/m1/s1. The third-order valence-corrected chi connectivity index (χ3v) is 13.4. The SMILES string of the molecule is CC[C@@H]1C2C[C@H](O)CCC2(C)[C@H]2CCC3(C)[C@@H]([C@H](C)CNC(=O)NS(=O)(=O)c4ccccc4)CC[C@H]3C2[C@@H]1O. The van der Waals surface area contributed by atoms with Gasteiger partial charge in [-0.25, -0.2) is 17.9 Å². The summed E-state index contributed by atoms with van der Waals surface area (Å²) in [6, 6.07) is 7.23. The number of hydrogen-bond donors (Lipinski definition) is 4. The molecule has 218 valence electrons. The summed E-state index contributed by atoms with van der Waals surface area (Å²) in [5.74, 6) is 2.45. The van der Waals surface area contributed by atoms with Crippen molar-refractivity contribution in [2.75, 3.05) is 6.54 Å². The summed E-state index contributed by atoms with van der Waals surface area (Å²) in [5, 5.41) is 25.2. The molecule has 7 nitrogen and oxygen atoms in total. The molecule has 8 heteroatoms. The van der Waals surface area contributed by atoms with E-state index in [1.807, 2.05) is 0 Å². The van der Waals surface area contributed by atoms with Gasteiger partial charge in [0.05, 0.1) is 17.1 Å². The molecule has 2 amide bonds. The fourth-order valence-electron chi connectivity index (χ4n) is 10.1. The van der Waals surface area contributed by atoms with Gasteiger partial charge >= 0.3 is 6.03 Å². The maximum atomic E-state index is 12.6. The van der Waals surface area contributed by atoms with Gasteiger partial charge < -0.3 is 15.5 Å². The van der Waals surface area contributed by atoms with Crippen LogP contribution in [0.3, 0.4) is 0 Å². The third kappa shape index (κ3) is 4.93. The first-order valence-electron chi connectivity index (χ1n) is 15.1. The lowest BCUT2D eigenvalue weighted by atomic mass is 9.41. The van der Waals surface area contributed by atoms with Gasteiger partial charge in [-0.2, -0.15) is 0 Å². The van der Waals surface area contributed by atoms with Crippen molar-refractivity contribution in [3.05, 3.63) is 30.3 Å². The van der Waals surface area contributed by atoms with Crippen LogP contribution in [0.1, 0.15) is 79.1 Å². The first-order chi connectivity index (χ1) is 18.4. The normalized spacial score (nSPS) is 42.5. The summed E-state index contributed by atoms with van der Waals surface area (Å²) in [7, 11) is -3.91. The van der Waals surface area contributed by atoms with Crippen molar-refractivity contribution in [3.8, 4) is 0 Å². The molecule has 4 aliphatic carbocycles. The summed E-state index contributed by atoms with van der Waals surface area (Å²) in [5.41, 5.74) is 0.268. The van der Waals surface area contributed by atoms with Crippen molar-refractivity contribution >= 4 is 16.1 Å². The van der Waals surface area contributed by atoms with E-state index in [-0.39, 0.29) is 45.7 Å². The van der Waals surface area contributed by atoms with Gasteiger partial charge in [-0.3, -0.25) is 0 Å². The number of urea groups is 1. The average Bonchev–Trinajstić information content (AvgIpc) is 3.26. The number of nitrogens with one attached hydrogen (secondary N) is 2. The highest BCUT2D eigenvalue weighted by atomic mass is 32.2. The van der Waals surface area contributed by atoms with E-state index in [1.54, 1.807) is 18.2 Å². The zero-order chi connectivity index (χ0) is 28.2. The van der Waals surface area contributed by atoms with Gasteiger partial charge in [-0.15, -0.1) is 0 Å². The van der Waals surface area contributed by atoms with Gasteiger partial charge in [0.25, 0.3) is 10.0 Å². The van der Waals surface area contributed by atoms with Crippen molar-refractivity contribution in [2.45, 2.75) is 96.2 Å². The molecule has 4 aliphatic rings. The Balaban J connectivity index is 1.27. The Hall–Kier alpha value is -1.64. The highest BCUT2D eigenvalue weighted by Crippen LogP contribution is 2.69. The van der Waals surface area contributed by atoms with Gasteiger partial charge in [0.2, 0.25) is 0 Å². The van der Waals surface area contributed by atoms with Crippen LogP contribution in [-0.2, 0) is 10.0 Å². The molecule has 11 atom stereocenters. The van der Waals surface area contributed by atoms with Gasteiger partial charge in [0, 0.05) is 6.54 Å². The molecule has 4 N–H and O–H groups in total. The molecule has 1 aromatic rings. The van der Waals surface area contributed by atoms with Gasteiger partial charge in [-0.1, -0.05) is 52.3 Å². The van der Waals surface area contributed by atoms with Crippen LogP contribution in [0.5, 0.6) is 0 Å². The molecule has 0 heterocycles. The van der Waals surface area contributed by atoms with E-state index >= 15 is 0 Å². The summed E-state index contributed by atoms with van der Waals surface area (Å²) in [6.07, 6.45) is 7.54. The topological polar surface area (TPSA) is 116 Å². The van der Waals surface area contributed by atoms with Crippen molar-refractivity contribution in [3.63, 3.8) is 0 Å². The lowest BCUT2D eigenvalue weighted by Crippen LogP contribution is -2.62. The van der Waals surface area contributed by atoms with Crippen molar-refractivity contribution in [1.82, 2.24) is 10.0 Å². The molecule has 0 aromatic heterocycles. The number of aliphatic hydroxyl groups is 2. The predicted octanol–water partition coefficient (Wildman–Crippen LogP) is 4.94. The van der Waals surface area contributed by atoms with Crippen LogP contribution in [0, 0.1) is 52.3 Å². The summed E-state index contributed by atoms with van der Waals surface area (Å²) >= 11 is 0. The minimum atomic E-state index is -3.91. The number of rotatable bonds is 6. The Morgan fingerprint density at radius 1 is 1.00 bits per heavy atom. The molecule has 0 bridgehead atoms. The second-order valence-electron chi connectivity index (χ2n) is 13.7. The molecule has 4 saturated carbocycles. The van der Waals surface area contributed by atoms with E-state index in [0.717, 1.165) is 51.4 Å². The second kappa shape index (κ2) is 10.6. The van der Waals surface area contributed by atoms with Crippen LogP contribution < -0.4 is 10.0 Å². The van der Waals surface area contributed by atoms with Gasteiger partial charge in [0.15, 0.2) is 0 Å². The summed E-state index contributed by atoms with van der Waals surface area (Å²) in [4.78, 5) is 12.6. The lowest BCUT2D eigenvalue weighted by Gasteiger charge is -2.64. The highest BCUT2D eigenvalue weighted by molar-refractivity contribution is 7.90. The van der Waals surface area contributed by atoms with Crippen molar-refractivity contribution < 1.29 is 23.4 Å². The van der Waals surface area contributed by atoms with Crippen LogP contribution in [0.15, 0.2) is 35.2 Å². The summed E-state index contributed by atoms with van der Waals surface area (Å²) < 4.78 is 27.2. The van der Waals surface area contributed by atoms with E-state index in [1.165, 1.54) is 12.1 Å². The molecule has 4 unspecified atom stereocenters. The minimum absolute atomic E-state index is 0.0657. The number of carbonyl (C=O) groups excluding carboxylic acids is 1. The number of carbonyl (C=O) groups is 1. The third-order valence-electron chi connectivity index (χ3n) is 12.0. The average molecular weight is 561 g/mol. The fraction of sp³-hybridized carbons (Fsp3) is 0.774. The summed E-state index contributed by atoms with van der Waals surface area (Å²) in [6.45, 7) is 9.65. The monoisotopic (exact) mass is 560 g/mol. The molecule has 4 fully saturated rings. The minimum Gasteiger partial charge on any atom is -0.393 e. The second-order valence-corrected chi connectivity index (χ2v) is 15.4. The van der Waals surface area contributed by atoms with E-state index in [4.69, 9.17) is 0 Å². The maximum Gasteiger partial charge on any atom is 0.328 e. The van der Waals surface area contributed by atoms with Crippen LogP contribution >= 0.6 is 0 Å². The van der Waals surface area contributed by atoms with Crippen LogP contribution in [-0.4, -0.2) is 43.4 Å². The van der Waals surface area contributed by atoms with Crippen LogP contribution in [0.4, 0.5) is 4.79 Å². The fourth-order valence-corrected chi connectivity index (χ4v) is 11.1. The number of aliphatic hydroxyl groups excluding tert-OH is 2. The Kier molecular flexibility index (Phi) is 7.88. The molecular formula is C31H48N2O5S. The molecule has 0 saturated heterocycles. The van der Waals surface area contributed by atoms with Crippen LogP contribution in [0.2, 0.25) is 0 Å². The predicted molar refractivity (Wildman–Crippen MR) is 151 cm³/mol. The number of benzene rings is 1. The first kappa shape index (κ1) is 28.9. The maximum absolute atomic E-state index is 12.6. The smallest absolute Gasteiger partial charge is 0.328 e. The molecule has 0 spiro atoms. The number of hydrogen-bond acceptors (Lipinski definition) is 5. The Morgan fingerprint density at radius 2 is 1.67 bits per heavy atom. The zero-order valence-electron chi connectivity index (χ0n) is 24.0.